The van der Waals surface area contributed by atoms with Gasteiger partial charge in [-0.25, -0.2) is 0 Å². The fraction of sp³-hybridized carbons (Fsp3) is 0.176. The van der Waals surface area contributed by atoms with E-state index in [0.717, 1.165) is 22.3 Å². The molecule has 1 aliphatic rings. The Morgan fingerprint density at radius 3 is 2.84 bits per heavy atom. The molecule has 0 aliphatic carbocycles. The monoisotopic (exact) mass is 415 g/mol. The van der Waals surface area contributed by atoms with Crippen molar-refractivity contribution in [1.82, 2.24) is 9.55 Å². The number of anilines is 1. The summed E-state index contributed by atoms with van der Waals surface area (Å²) in [6, 6.07) is 11.5. The summed E-state index contributed by atoms with van der Waals surface area (Å²) >= 11 is 7.69. The van der Waals surface area contributed by atoms with Gasteiger partial charge in [0.25, 0.3) is 0 Å². The van der Waals surface area contributed by atoms with E-state index >= 15 is 0 Å². The maximum absolute atomic E-state index is 12.9. The van der Waals surface area contributed by atoms with E-state index in [4.69, 9.17) is 11.6 Å². The van der Waals surface area contributed by atoms with Crippen LogP contribution in [0.15, 0.2) is 55.0 Å². The number of halogens is 3. The Hall–Kier alpha value is -1.40. The molecule has 25 heavy (non-hydrogen) atoms. The molecule has 1 aromatic carbocycles. The van der Waals surface area contributed by atoms with Crippen molar-refractivity contribution >= 4 is 70.9 Å². The average Bonchev–Trinajstić information content (AvgIpc) is 3.22. The van der Waals surface area contributed by atoms with E-state index in [2.05, 4.69) is 9.29 Å². The van der Waals surface area contributed by atoms with Crippen molar-refractivity contribution in [3.63, 3.8) is 0 Å². The van der Waals surface area contributed by atoms with E-state index in [1.165, 1.54) is 0 Å². The summed E-state index contributed by atoms with van der Waals surface area (Å²) < 4.78 is 3.88. The van der Waals surface area contributed by atoms with Gasteiger partial charge in [0.15, 0.2) is 0 Å². The molecule has 8 heteroatoms. The number of benzene rings is 1. The lowest BCUT2D eigenvalue weighted by molar-refractivity contribution is 0.0862. The average molecular weight is 417 g/mol. The van der Waals surface area contributed by atoms with E-state index < -0.39 is 0 Å². The van der Waals surface area contributed by atoms with Gasteiger partial charge in [-0.05, 0) is 48.3 Å². The smallest absolute Gasteiger partial charge is 0.236 e. The number of pyridine rings is 1. The molecule has 3 aromatic rings. The highest BCUT2D eigenvalue weighted by atomic mass is 35.5. The summed E-state index contributed by atoms with van der Waals surface area (Å²) in [4.78, 5) is 17.0. The van der Waals surface area contributed by atoms with Crippen LogP contribution in [-0.4, -0.2) is 27.8 Å². The highest BCUT2D eigenvalue weighted by Gasteiger charge is 2.31. The second kappa shape index (κ2) is 8.32. The predicted molar refractivity (Wildman–Crippen MR) is 110 cm³/mol. The molecule has 0 amide bonds. The number of nitrogens with zero attached hydrogens (tertiary/aromatic N) is 3. The topological polar surface area (TPSA) is 38.1 Å². The van der Waals surface area contributed by atoms with Crippen molar-refractivity contribution in [3.05, 3.63) is 60.0 Å². The second-order valence-corrected chi connectivity index (χ2v) is 6.96. The lowest BCUT2D eigenvalue weighted by atomic mass is 10.1. The molecule has 132 valence electrons. The standard InChI is InChI=1S/C17H14ClN3OS.2ClH/c18-14-3-4-16-12(8-14)5-7-20(16)17(22)13-10-21(23-11-13)15-2-1-6-19-9-15;;/h1-9,13H,10-11H2;2*1H. The molecule has 2 aromatic heterocycles. The second-order valence-electron chi connectivity index (χ2n) is 5.49. The van der Waals surface area contributed by atoms with Crippen molar-refractivity contribution in [2.75, 3.05) is 16.6 Å². The summed E-state index contributed by atoms with van der Waals surface area (Å²) in [5.74, 6) is 0.869. The Morgan fingerprint density at radius 2 is 2.08 bits per heavy atom. The zero-order chi connectivity index (χ0) is 15.8. The molecule has 1 saturated heterocycles. The summed E-state index contributed by atoms with van der Waals surface area (Å²) in [6.07, 6.45) is 5.41. The number of hydrogen-bond acceptors (Lipinski definition) is 4. The first-order valence-corrected chi connectivity index (χ1v) is 8.66. The lowest BCUT2D eigenvalue weighted by Crippen LogP contribution is -2.26. The highest BCUT2D eigenvalue weighted by molar-refractivity contribution is 8.00. The van der Waals surface area contributed by atoms with Gasteiger partial charge in [-0.1, -0.05) is 11.6 Å². The van der Waals surface area contributed by atoms with Gasteiger partial charge < -0.3 is 4.31 Å². The SMILES string of the molecule is Cl.Cl.O=C(C1CSN(c2cccnc2)C1)n1ccc2cc(Cl)ccc21. The van der Waals surface area contributed by atoms with Crippen LogP contribution in [-0.2, 0) is 0 Å². The minimum absolute atomic E-state index is 0. The first kappa shape index (κ1) is 19.9. The lowest BCUT2D eigenvalue weighted by Gasteiger charge is -2.16. The van der Waals surface area contributed by atoms with Crippen LogP contribution >= 0.6 is 48.4 Å². The number of fused-ring (bicyclic) bond motifs is 1. The van der Waals surface area contributed by atoms with Crippen molar-refractivity contribution in [2.24, 2.45) is 5.92 Å². The molecule has 0 radical (unpaired) electrons. The quantitative estimate of drug-likeness (QED) is 0.554. The van der Waals surface area contributed by atoms with Crippen LogP contribution in [0.1, 0.15) is 4.79 Å². The minimum atomic E-state index is -0.0357. The number of hydrogen-bond donors (Lipinski definition) is 0. The normalized spacial score (nSPS) is 16.4. The highest BCUT2D eigenvalue weighted by Crippen LogP contribution is 2.32. The number of aromatic nitrogens is 2. The molecule has 4 nitrogen and oxygen atoms in total. The van der Waals surface area contributed by atoms with Crippen LogP contribution in [0.25, 0.3) is 10.9 Å². The molecular formula is C17H16Cl3N3OS. The van der Waals surface area contributed by atoms with Crippen molar-refractivity contribution in [3.8, 4) is 0 Å². The third-order valence-electron chi connectivity index (χ3n) is 3.99. The molecule has 1 fully saturated rings. The molecule has 0 spiro atoms. The van der Waals surface area contributed by atoms with Gasteiger partial charge in [-0.3, -0.25) is 14.3 Å². The molecule has 4 rings (SSSR count). The Kier molecular flexibility index (Phi) is 6.63. The van der Waals surface area contributed by atoms with Crippen LogP contribution in [0.2, 0.25) is 5.02 Å². The van der Waals surface area contributed by atoms with Gasteiger partial charge in [0.1, 0.15) is 0 Å². The molecule has 0 N–H and O–H groups in total. The number of carbonyl (C=O) groups is 1. The van der Waals surface area contributed by atoms with E-state index in [9.17, 15) is 4.79 Å². The molecule has 1 atom stereocenters. The Morgan fingerprint density at radius 1 is 1.24 bits per heavy atom. The maximum Gasteiger partial charge on any atom is 0.236 e. The van der Waals surface area contributed by atoms with Gasteiger partial charge in [0.05, 0.1) is 23.3 Å². The van der Waals surface area contributed by atoms with E-state index in [1.54, 1.807) is 22.7 Å². The molecule has 1 aliphatic heterocycles. The van der Waals surface area contributed by atoms with Gasteiger partial charge >= 0.3 is 0 Å². The summed E-state index contributed by atoms with van der Waals surface area (Å²) in [7, 11) is 0. The zero-order valence-corrected chi connectivity index (χ0v) is 16.2. The van der Waals surface area contributed by atoms with Crippen LogP contribution in [0.3, 0.4) is 0 Å². The molecule has 0 bridgehead atoms. The van der Waals surface area contributed by atoms with Crippen LogP contribution in [0, 0.1) is 5.92 Å². The Bertz CT molecular complexity index is 872. The van der Waals surface area contributed by atoms with E-state index in [-0.39, 0.29) is 36.6 Å². The van der Waals surface area contributed by atoms with Gasteiger partial charge in [-0.15, -0.1) is 24.8 Å². The molecule has 1 unspecified atom stereocenters. The fourth-order valence-corrected chi connectivity index (χ4v) is 4.15. The van der Waals surface area contributed by atoms with E-state index in [0.29, 0.717) is 11.6 Å². The third-order valence-corrected chi connectivity index (χ3v) is 5.45. The maximum atomic E-state index is 12.9. The summed E-state index contributed by atoms with van der Waals surface area (Å²) in [6.45, 7) is 0.697. The predicted octanol–water partition coefficient (Wildman–Crippen LogP) is 4.96. The first-order chi connectivity index (χ1) is 11.2. The van der Waals surface area contributed by atoms with Crippen LogP contribution in [0.5, 0.6) is 0 Å². The summed E-state index contributed by atoms with van der Waals surface area (Å²) in [5.41, 5.74) is 1.95. The van der Waals surface area contributed by atoms with E-state index in [1.807, 2.05) is 48.8 Å². The Labute approximate surface area is 167 Å². The number of rotatable bonds is 2. The number of carbonyl (C=O) groups excluding carboxylic acids is 1. The van der Waals surface area contributed by atoms with Crippen molar-refractivity contribution in [2.45, 2.75) is 0 Å². The molecule has 0 saturated carbocycles. The van der Waals surface area contributed by atoms with Crippen LogP contribution < -0.4 is 4.31 Å². The minimum Gasteiger partial charge on any atom is -0.314 e. The third kappa shape index (κ3) is 3.90. The summed E-state index contributed by atoms with van der Waals surface area (Å²) in [5, 5.41) is 1.67. The fourth-order valence-electron chi connectivity index (χ4n) is 2.82. The molecular weight excluding hydrogens is 401 g/mol. The van der Waals surface area contributed by atoms with Gasteiger partial charge in [0.2, 0.25) is 5.91 Å². The van der Waals surface area contributed by atoms with Crippen molar-refractivity contribution < 1.29 is 4.79 Å². The first-order valence-electron chi connectivity index (χ1n) is 7.34. The Balaban J connectivity index is 0.00000113. The van der Waals surface area contributed by atoms with Crippen LogP contribution in [0.4, 0.5) is 5.69 Å². The largest absolute Gasteiger partial charge is 0.314 e. The van der Waals surface area contributed by atoms with Gasteiger partial charge in [-0.2, -0.15) is 0 Å². The van der Waals surface area contributed by atoms with Crippen molar-refractivity contribution in [1.29, 1.82) is 0 Å². The van der Waals surface area contributed by atoms with Gasteiger partial charge in [0, 0.05) is 35.1 Å². The molecule has 3 heterocycles. The zero-order valence-electron chi connectivity index (χ0n) is 13.0.